The molecule has 5 heteroatoms. The number of ether oxygens (including phenoxy) is 1. The van der Waals surface area contributed by atoms with E-state index < -0.39 is 0 Å². The Labute approximate surface area is 158 Å². The van der Waals surface area contributed by atoms with Crippen LogP contribution in [0.2, 0.25) is 0 Å². The number of carbonyl (C=O) groups is 2. The van der Waals surface area contributed by atoms with Crippen LogP contribution in [0.1, 0.15) is 15.9 Å². The SMILES string of the molecule is Cc1ccc(Oc2ccc(NC(=O)CNC(=O)c3ccccc3)cc2)cc1. The largest absolute Gasteiger partial charge is 0.457 e. The van der Waals surface area contributed by atoms with Crippen LogP contribution >= 0.6 is 0 Å². The van der Waals surface area contributed by atoms with Crippen LogP contribution in [0.4, 0.5) is 5.69 Å². The molecule has 0 aromatic heterocycles. The van der Waals surface area contributed by atoms with Crippen LogP contribution < -0.4 is 15.4 Å². The average Bonchev–Trinajstić information content (AvgIpc) is 2.70. The Morgan fingerprint density at radius 2 is 1.41 bits per heavy atom. The van der Waals surface area contributed by atoms with Gasteiger partial charge in [0.1, 0.15) is 11.5 Å². The lowest BCUT2D eigenvalue weighted by Gasteiger charge is -2.09. The van der Waals surface area contributed by atoms with Crippen LogP contribution in [0.5, 0.6) is 11.5 Å². The lowest BCUT2D eigenvalue weighted by molar-refractivity contribution is -0.115. The van der Waals surface area contributed by atoms with Crippen molar-refractivity contribution in [3.05, 3.63) is 90.0 Å². The first-order chi connectivity index (χ1) is 13.1. The van der Waals surface area contributed by atoms with Crippen molar-refractivity contribution in [1.29, 1.82) is 0 Å². The second kappa shape index (κ2) is 8.67. The Morgan fingerprint density at radius 3 is 2.04 bits per heavy atom. The number of hydrogen-bond donors (Lipinski definition) is 2. The zero-order valence-electron chi connectivity index (χ0n) is 14.9. The summed E-state index contributed by atoms with van der Waals surface area (Å²) >= 11 is 0. The van der Waals surface area contributed by atoms with Gasteiger partial charge in [-0.1, -0.05) is 35.9 Å². The second-order valence-electron chi connectivity index (χ2n) is 6.04. The minimum atomic E-state index is -0.300. The van der Waals surface area contributed by atoms with Gasteiger partial charge in [0.25, 0.3) is 5.91 Å². The summed E-state index contributed by atoms with van der Waals surface area (Å²) in [5.74, 6) is 0.842. The smallest absolute Gasteiger partial charge is 0.251 e. The number of aryl methyl sites for hydroxylation is 1. The van der Waals surface area contributed by atoms with Crippen LogP contribution in [-0.2, 0) is 4.79 Å². The van der Waals surface area contributed by atoms with E-state index in [1.54, 1.807) is 48.5 Å². The first kappa shape index (κ1) is 18.2. The van der Waals surface area contributed by atoms with Gasteiger partial charge >= 0.3 is 0 Å². The van der Waals surface area contributed by atoms with Gasteiger partial charge in [-0.3, -0.25) is 9.59 Å². The molecule has 3 rings (SSSR count). The molecule has 0 atom stereocenters. The van der Waals surface area contributed by atoms with E-state index in [1.807, 2.05) is 37.3 Å². The van der Waals surface area contributed by atoms with Crippen LogP contribution in [0.15, 0.2) is 78.9 Å². The Hall–Kier alpha value is -3.60. The molecule has 2 N–H and O–H groups in total. The van der Waals surface area contributed by atoms with E-state index in [9.17, 15) is 9.59 Å². The molecule has 0 spiro atoms. The number of nitrogens with one attached hydrogen (secondary N) is 2. The first-order valence-electron chi connectivity index (χ1n) is 8.58. The third-order valence-electron chi connectivity index (χ3n) is 3.84. The van der Waals surface area contributed by atoms with Crippen LogP contribution in [0.25, 0.3) is 0 Å². The van der Waals surface area contributed by atoms with Crippen molar-refractivity contribution in [2.75, 3.05) is 11.9 Å². The predicted octanol–water partition coefficient (Wildman–Crippen LogP) is 4.16. The highest BCUT2D eigenvalue weighted by Gasteiger charge is 2.08. The fourth-order valence-corrected chi connectivity index (χ4v) is 2.41. The summed E-state index contributed by atoms with van der Waals surface area (Å²) in [5, 5.41) is 5.33. The molecule has 0 unspecified atom stereocenters. The lowest BCUT2D eigenvalue weighted by atomic mass is 10.2. The number of benzene rings is 3. The second-order valence-corrected chi connectivity index (χ2v) is 6.04. The fourth-order valence-electron chi connectivity index (χ4n) is 2.41. The first-order valence-corrected chi connectivity index (χ1v) is 8.58. The molecule has 5 nitrogen and oxygen atoms in total. The van der Waals surface area contributed by atoms with E-state index in [2.05, 4.69) is 10.6 Å². The summed E-state index contributed by atoms with van der Waals surface area (Å²) < 4.78 is 5.75. The third kappa shape index (κ3) is 5.44. The summed E-state index contributed by atoms with van der Waals surface area (Å²) in [7, 11) is 0. The van der Waals surface area contributed by atoms with Crippen molar-refractivity contribution in [3.8, 4) is 11.5 Å². The van der Waals surface area contributed by atoms with Crippen LogP contribution in [0.3, 0.4) is 0 Å². The van der Waals surface area contributed by atoms with E-state index in [-0.39, 0.29) is 18.4 Å². The van der Waals surface area contributed by atoms with Gasteiger partial charge in [0.2, 0.25) is 5.91 Å². The summed E-state index contributed by atoms with van der Waals surface area (Å²) in [5.41, 5.74) is 2.31. The Balaban J connectivity index is 1.49. The van der Waals surface area contributed by atoms with Gasteiger partial charge in [0.15, 0.2) is 0 Å². The molecule has 0 fully saturated rings. The summed E-state index contributed by atoms with van der Waals surface area (Å²) in [6.45, 7) is 1.92. The van der Waals surface area contributed by atoms with Crippen molar-refractivity contribution in [2.24, 2.45) is 0 Å². The Bertz CT molecular complexity index is 905. The van der Waals surface area contributed by atoms with E-state index in [4.69, 9.17) is 4.74 Å². The summed E-state index contributed by atoms with van der Waals surface area (Å²) in [6.07, 6.45) is 0. The van der Waals surface area contributed by atoms with Crippen molar-refractivity contribution < 1.29 is 14.3 Å². The molecule has 0 heterocycles. The van der Waals surface area contributed by atoms with Crippen molar-refractivity contribution in [3.63, 3.8) is 0 Å². The van der Waals surface area contributed by atoms with E-state index in [1.165, 1.54) is 5.56 Å². The maximum atomic E-state index is 12.0. The van der Waals surface area contributed by atoms with Gasteiger partial charge in [-0.05, 0) is 55.5 Å². The quantitative estimate of drug-likeness (QED) is 0.694. The van der Waals surface area contributed by atoms with Crippen molar-refractivity contribution in [2.45, 2.75) is 6.92 Å². The van der Waals surface area contributed by atoms with Gasteiger partial charge < -0.3 is 15.4 Å². The molecule has 27 heavy (non-hydrogen) atoms. The van der Waals surface area contributed by atoms with Gasteiger partial charge in [-0.15, -0.1) is 0 Å². The standard InChI is InChI=1S/C22H20N2O3/c1-16-7-11-19(12-8-16)27-20-13-9-18(10-14-20)24-21(25)15-23-22(26)17-5-3-2-4-6-17/h2-14H,15H2,1H3,(H,23,26)(H,24,25). The van der Waals surface area contributed by atoms with E-state index >= 15 is 0 Å². The monoisotopic (exact) mass is 360 g/mol. The van der Waals surface area contributed by atoms with E-state index in [0.29, 0.717) is 17.0 Å². The molecule has 3 aromatic carbocycles. The highest BCUT2D eigenvalue weighted by molar-refractivity contribution is 5.99. The number of rotatable bonds is 6. The molecule has 3 aromatic rings. The summed E-state index contributed by atoms with van der Waals surface area (Å²) in [6, 6.07) is 23.6. The highest BCUT2D eigenvalue weighted by atomic mass is 16.5. The number of amides is 2. The topological polar surface area (TPSA) is 67.4 Å². The van der Waals surface area contributed by atoms with Gasteiger partial charge in [-0.2, -0.15) is 0 Å². The molecule has 0 saturated carbocycles. The number of anilines is 1. The molecule has 0 aliphatic heterocycles. The average molecular weight is 360 g/mol. The third-order valence-corrected chi connectivity index (χ3v) is 3.84. The van der Waals surface area contributed by atoms with Gasteiger partial charge in [-0.25, -0.2) is 0 Å². The van der Waals surface area contributed by atoms with Crippen molar-refractivity contribution in [1.82, 2.24) is 5.32 Å². The highest BCUT2D eigenvalue weighted by Crippen LogP contribution is 2.23. The minimum absolute atomic E-state index is 0.102. The number of hydrogen-bond acceptors (Lipinski definition) is 3. The minimum Gasteiger partial charge on any atom is -0.457 e. The van der Waals surface area contributed by atoms with E-state index in [0.717, 1.165) is 5.75 Å². The molecule has 2 amide bonds. The van der Waals surface area contributed by atoms with Crippen LogP contribution in [0, 0.1) is 6.92 Å². The predicted molar refractivity (Wildman–Crippen MR) is 105 cm³/mol. The normalized spacial score (nSPS) is 10.1. The molecule has 0 aliphatic carbocycles. The molecule has 0 radical (unpaired) electrons. The molecule has 0 bridgehead atoms. The van der Waals surface area contributed by atoms with Crippen LogP contribution in [-0.4, -0.2) is 18.4 Å². The molecular weight excluding hydrogens is 340 g/mol. The Kier molecular flexibility index (Phi) is 5.84. The zero-order chi connectivity index (χ0) is 19.1. The Morgan fingerprint density at radius 1 is 0.815 bits per heavy atom. The number of carbonyl (C=O) groups excluding carboxylic acids is 2. The molecular formula is C22H20N2O3. The van der Waals surface area contributed by atoms with Crippen molar-refractivity contribution >= 4 is 17.5 Å². The fraction of sp³-hybridized carbons (Fsp3) is 0.0909. The molecule has 0 aliphatic rings. The molecule has 136 valence electrons. The maximum Gasteiger partial charge on any atom is 0.251 e. The van der Waals surface area contributed by atoms with Gasteiger partial charge in [0.05, 0.1) is 6.54 Å². The summed E-state index contributed by atoms with van der Waals surface area (Å²) in [4.78, 5) is 23.9. The zero-order valence-corrected chi connectivity index (χ0v) is 14.9. The molecule has 0 saturated heterocycles. The maximum absolute atomic E-state index is 12.0. The van der Waals surface area contributed by atoms with Gasteiger partial charge in [0, 0.05) is 11.3 Å². The lowest BCUT2D eigenvalue weighted by Crippen LogP contribution is -2.32.